The van der Waals surface area contributed by atoms with E-state index in [1.165, 1.54) is 4.57 Å². The van der Waals surface area contributed by atoms with E-state index < -0.39 is 6.10 Å². The second-order valence-electron chi connectivity index (χ2n) is 6.40. The van der Waals surface area contributed by atoms with Gasteiger partial charge in [0.05, 0.1) is 17.1 Å². The number of fused-ring (bicyclic) bond motifs is 1. The maximum absolute atomic E-state index is 12.6. The Morgan fingerprint density at radius 3 is 2.74 bits per heavy atom. The van der Waals surface area contributed by atoms with E-state index in [0.717, 1.165) is 23.9 Å². The summed E-state index contributed by atoms with van der Waals surface area (Å²) in [4.78, 5) is 26.8. The molecule has 2 heterocycles. The number of aliphatic hydroxyl groups excluding tert-OH is 1. The molecule has 124 valence electrons. The highest BCUT2D eigenvalue weighted by Gasteiger charge is 2.27. The Balaban J connectivity index is 1.83. The van der Waals surface area contributed by atoms with Gasteiger partial charge in [-0.05, 0) is 31.9 Å². The molecule has 2 unspecified atom stereocenters. The summed E-state index contributed by atoms with van der Waals surface area (Å²) in [6.45, 7) is 3.08. The fourth-order valence-electron chi connectivity index (χ4n) is 3.38. The van der Waals surface area contributed by atoms with Crippen LogP contribution in [0.1, 0.15) is 19.8 Å². The number of nitrogens with zero attached hydrogens (tertiary/aromatic N) is 3. The number of carbonyl (C=O) groups is 1. The average Bonchev–Trinajstić information content (AvgIpc) is 2.80. The van der Waals surface area contributed by atoms with Gasteiger partial charge in [-0.3, -0.25) is 13.9 Å². The van der Waals surface area contributed by atoms with Gasteiger partial charge in [0.1, 0.15) is 6.54 Å². The van der Waals surface area contributed by atoms with Crippen LogP contribution in [0.4, 0.5) is 0 Å². The monoisotopic (exact) mass is 317 g/mol. The van der Waals surface area contributed by atoms with Gasteiger partial charge in [0, 0.05) is 26.1 Å². The summed E-state index contributed by atoms with van der Waals surface area (Å²) >= 11 is 0. The van der Waals surface area contributed by atoms with Crippen LogP contribution in [0.3, 0.4) is 0 Å². The average molecular weight is 317 g/mol. The van der Waals surface area contributed by atoms with Crippen molar-refractivity contribution in [2.75, 3.05) is 13.1 Å². The van der Waals surface area contributed by atoms with Crippen molar-refractivity contribution in [3.8, 4) is 0 Å². The largest absolute Gasteiger partial charge is 0.393 e. The molecule has 0 saturated carbocycles. The van der Waals surface area contributed by atoms with Crippen LogP contribution in [0, 0.1) is 5.92 Å². The molecule has 1 aliphatic rings. The molecule has 6 nitrogen and oxygen atoms in total. The summed E-state index contributed by atoms with van der Waals surface area (Å²) in [5.41, 5.74) is 1.42. The molecule has 0 radical (unpaired) electrons. The van der Waals surface area contributed by atoms with Crippen molar-refractivity contribution in [2.24, 2.45) is 13.0 Å². The van der Waals surface area contributed by atoms with Crippen LogP contribution in [-0.2, 0) is 18.4 Å². The van der Waals surface area contributed by atoms with E-state index >= 15 is 0 Å². The number of piperidine rings is 1. The third-order valence-electron chi connectivity index (χ3n) is 4.84. The molecular formula is C17H23N3O3. The molecule has 6 heteroatoms. The van der Waals surface area contributed by atoms with Crippen molar-refractivity contribution in [1.82, 2.24) is 14.0 Å². The Bertz CT molecular complexity index is 775. The first-order valence-corrected chi connectivity index (χ1v) is 8.09. The molecular weight excluding hydrogens is 294 g/mol. The van der Waals surface area contributed by atoms with Gasteiger partial charge in [0.25, 0.3) is 0 Å². The first-order valence-electron chi connectivity index (χ1n) is 8.09. The maximum Gasteiger partial charge on any atom is 0.329 e. The lowest BCUT2D eigenvalue weighted by atomic mass is 9.93. The molecule has 0 spiro atoms. The smallest absolute Gasteiger partial charge is 0.329 e. The summed E-state index contributed by atoms with van der Waals surface area (Å²) in [5, 5.41) is 9.76. The van der Waals surface area contributed by atoms with Crippen molar-refractivity contribution < 1.29 is 9.90 Å². The van der Waals surface area contributed by atoms with Crippen LogP contribution >= 0.6 is 0 Å². The van der Waals surface area contributed by atoms with Crippen LogP contribution < -0.4 is 5.69 Å². The minimum Gasteiger partial charge on any atom is -0.393 e. The van der Waals surface area contributed by atoms with Crippen molar-refractivity contribution in [3.05, 3.63) is 34.7 Å². The molecule has 1 aliphatic heterocycles. The van der Waals surface area contributed by atoms with E-state index in [1.54, 1.807) is 23.4 Å². The predicted octanol–water partition coefficient (Wildman–Crippen LogP) is 0.959. The standard InChI is InChI=1S/C17H23N3O3/c1-12(21)13-6-5-9-19(10-13)16(22)11-20-15-8-4-3-7-14(15)18(2)17(20)23/h3-4,7-8,12-13,21H,5-6,9-11H2,1-2H3. The highest BCUT2D eigenvalue weighted by atomic mass is 16.3. The zero-order chi connectivity index (χ0) is 16.6. The second kappa shape index (κ2) is 6.20. The van der Waals surface area contributed by atoms with E-state index in [1.807, 2.05) is 24.3 Å². The highest BCUT2D eigenvalue weighted by Crippen LogP contribution is 2.20. The number of likely N-dealkylation sites (tertiary alicyclic amines) is 1. The van der Waals surface area contributed by atoms with Crippen molar-refractivity contribution in [2.45, 2.75) is 32.4 Å². The molecule has 23 heavy (non-hydrogen) atoms. The van der Waals surface area contributed by atoms with Crippen molar-refractivity contribution >= 4 is 16.9 Å². The number of hydrogen-bond acceptors (Lipinski definition) is 3. The number of amides is 1. The van der Waals surface area contributed by atoms with Gasteiger partial charge in [-0.25, -0.2) is 4.79 Å². The van der Waals surface area contributed by atoms with Gasteiger partial charge in [0.2, 0.25) is 5.91 Å². The van der Waals surface area contributed by atoms with E-state index in [2.05, 4.69) is 0 Å². The number of para-hydroxylation sites is 2. The molecule has 1 amide bonds. The number of rotatable bonds is 3. The maximum atomic E-state index is 12.6. The molecule has 1 saturated heterocycles. The van der Waals surface area contributed by atoms with E-state index in [0.29, 0.717) is 13.1 Å². The van der Waals surface area contributed by atoms with E-state index in [4.69, 9.17) is 0 Å². The topological polar surface area (TPSA) is 67.5 Å². The van der Waals surface area contributed by atoms with E-state index in [-0.39, 0.29) is 24.1 Å². The Kier molecular flexibility index (Phi) is 4.26. The number of imidazole rings is 1. The molecule has 1 fully saturated rings. The molecule has 1 aromatic carbocycles. The Labute approximate surface area is 134 Å². The van der Waals surface area contributed by atoms with Crippen molar-refractivity contribution in [1.29, 1.82) is 0 Å². The van der Waals surface area contributed by atoms with Crippen LogP contribution in [0.2, 0.25) is 0 Å². The molecule has 1 N–H and O–H groups in total. The third kappa shape index (κ3) is 2.91. The van der Waals surface area contributed by atoms with Gasteiger partial charge in [-0.2, -0.15) is 0 Å². The summed E-state index contributed by atoms with van der Waals surface area (Å²) in [7, 11) is 1.72. The minimum absolute atomic E-state index is 0.0483. The number of carbonyl (C=O) groups excluding carboxylic acids is 1. The number of benzene rings is 1. The zero-order valence-corrected chi connectivity index (χ0v) is 13.6. The first kappa shape index (κ1) is 15.8. The third-order valence-corrected chi connectivity index (χ3v) is 4.84. The van der Waals surface area contributed by atoms with Crippen LogP contribution in [0.5, 0.6) is 0 Å². The van der Waals surface area contributed by atoms with Gasteiger partial charge in [0.15, 0.2) is 0 Å². The minimum atomic E-state index is -0.411. The molecule has 0 aliphatic carbocycles. The summed E-state index contributed by atoms with van der Waals surface area (Å²) in [6.07, 6.45) is 1.42. The molecule has 3 rings (SSSR count). The normalized spacial score (nSPS) is 20.0. The highest BCUT2D eigenvalue weighted by molar-refractivity contribution is 5.81. The first-order chi connectivity index (χ1) is 11.0. The van der Waals surface area contributed by atoms with E-state index in [9.17, 15) is 14.7 Å². The lowest BCUT2D eigenvalue weighted by molar-refractivity contribution is -0.134. The van der Waals surface area contributed by atoms with Crippen LogP contribution in [-0.4, -0.2) is 44.2 Å². The van der Waals surface area contributed by atoms with Gasteiger partial charge in [-0.1, -0.05) is 12.1 Å². The molecule has 2 aromatic rings. The predicted molar refractivity (Wildman–Crippen MR) is 88.2 cm³/mol. The van der Waals surface area contributed by atoms with Crippen LogP contribution in [0.15, 0.2) is 29.1 Å². The Morgan fingerprint density at radius 2 is 2.04 bits per heavy atom. The number of aryl methyl sites for hydroxylation is 1. The number of hydrogen-bond donors (Lipinski definition) is 1. The van der Waals surface area contributed by atoms with Crippen molar-refractivity contribution in [3.63, 3.8) is 0 Å². The molecule has 2 atom stereocenters. The number of aliphatic hydroxyl groups is 1. The summed E-state index contributed by atoms with van der Waals surface area (Å²) < 4.78 is 3.10. The van der Waals surface area contributed by atoms with Crippen LogP contribution in [0.25, 0.3) is 11.0 Å². The fraction of sp³-hybridized carbons (Fsp3) is 0.529. The summed E-state index contributed by atoms with van der Waals surface area (Å²) in [5.74, 6) is 0.0609. The zero-order valence-electron chi connectivity index (χ0n) is 13.6. The molecule has 0 bridgehead atoms. The van der Waals surface area contributed by atoms with Gasteiger partial charge >= 0.3 is 5.69 Å². The van der Waals surface area contributed by atoms with Gasteiger partial charge < -0.3 is 10.0 Å². The number of aromatic nitrogens is 2. The lowest BCUT2D eigenvalue weighted by Crippen LogP contribution is -2.45. The SMILES string of the molecule is CC(O)C1CCCN(C(=O)Cn2c(=O)n(C)c3ccccc32)C1. The molecule has 1 aromatic heterocycles. The quantitative estimate of drug-likeness (QED) is 0.917. The second-order valence-corrected chi connectivity index (χ2v) is 6.40. The Morgan fingerprint density at radius 1 is 1.35 bits per heavy atom. The lowest BCUT2D eigenvalue weighted by Gasteiger charge is -2.34. The fourth-order valence-corrected chi connectivity index (χ4v) is 3.38. The van der Waals surface area contributed by atoms with Gasteiger partial charge in [-0.15, -0.1) is 0 Å². The summed E-state index contributed by atoms with van der Waals surface area (Å²) in [6, 6.07) is 7.49. The Hall–Kier alpha value is -2.08.